The van der Waals surface area contributed by atoms with Crippen molar-refractivity contribution >= 4 is 34.5 Å². The first-order valence-electron chi connectivity index (χ1n) is 12.0. The third-order valence-electron chi connectivity index (χ3n) is 6.29. The van der Waals surface area contributed by atoms with Crippen molar-refractivity contribution in [2.75, 3.05) is 19.6 Å². The number of rotatable bonds is 9. The summed E-state index contributed by atoms with van der Waals surface area (Å²) in [5, 5.41) is 11.8. The highest BCUT2D eigenvalue weighted by Gasteiger charge is 2.26. The molecule has 186 valence electrons. The van der Waals surface area contributed by atoms with Gasteiger partial charge < -0.3 is 15.6 Å². The Morgan fingerprint density at radius 1 is 1.14 bits per heavy atom. The molecule has 1 unspecified atom stereocenters. The van der Waals surface area contributed by atoms with Crippen LogP contribution in [0.5, 0.6) is 0 Å². The van der Waals surface area contributed by atoms with Gasteiger partial charge in [0.2, 0.25) is 5.91 Å². The molecule has 4 aromatic rings. The number of amides is 2. The number of carbonyl (C=O) groups is 2. The van der Waals surface area contributed by atoms with Crippen LogP contribution in [-0.4, -0.2) is 52.5 Å². The van der Waals surface area contributed by atoms with Crippen molar-refractivity contribution in [3.63, 3.8) is 0 Å². The Hall–Kier alpha value is -3.34. The molecule has 1 aliphatic heterocycles. The summed E-state index contributed by atoms with van der Waals surface area (Å²) in [4.78, 5) is 32.1. The van der Waals surface area contributed by atoms with E-state index in [-0.39, 0.29) is 17.9 Å². The topological polar surface area (TPSA) is 114 Å². The maximum absolute atomic E-state index is 12.9. The normalized spacial score (nSPS) is 16.2. The number of hydrogen-bond donors (Lipinski definition) is 2. The molecule has 0 radical (unpaired) electrons. The molecule has 0 saturated carbocycles. The van der Waals surface area contributed by atoms with Crippen molar-refractivity contribution in [2.24, 2.45) is 5.73 Å². The summed E-state index contributed by atoms with van der Waals surface area (Å²) in [5.41, 5.74) is 8.77. The van der Waals surface area contributed by atoms with Crippen LogP contribution in [0.1, 0.15) is 35.4 Å². The zero-order valence-corrected chi connectivity index (χ0v) is 21.3. The van der Waals surface area contributed by atoms with Crippen LogP contribution in [0.25, 0.3) is 33.3 Å². The molecular weight excluding hydrogens is 494 g/mol. The van der Waals surface area contributed by atoms with Gasteiger partial charge in [-0.05, 0) is 37.3 Å². The maximum atomic E-state index is 12.9. The van der Waals surface area contributed by atoms with E-state index >= 15 is 0 Å². The van der Waals surface area contributed by atoms with E-state index in [1.165, 1.54) is 22.7 Å². The minimum atomic E-state index is -0.258. The van der Waals surface area contributed by atoms with Gasteiger partial charge in [-0.25, -0.2) is 4.98 Å². The molecule has 1 saturated heterocycles. The van der Waals surface area contributed by atoms with Crippen LogP contribution in [0.3, 0.4) is 0 Å². The number of benzene rings is 1. The number of likely N-dealkylation sites (tertiary alicyclic amines) is 1. The molecule has 10 heteroatoms. The lowest BCUT2D eigenvalue weighted by atomic mass is 10.0. The summed E-state index contributed by atoms with van der Waals surface area (Å²) >= 11 is 2.86. The summed E-state index contributed by atoms with van der Waals surface area (Å²) in [6, 6.07) is 13.4. The van der Waals surface area contributed by atoms with Gasteiger partial charge in [0, 0.05) is 35.7 Å². The quantitative estimate of drug-likeness (QED) is 0.310. The average molecular weight is 522 g/mol. The Kier molecular flexibility index (Phi) is 7.55. The molecule has 1 aromatic carbocycles. The van der Waals surface area contributed by atoms with Crippen LogP contribution in [0.2, 0.25) is 0 Å². The van der Waals surface area contributed by atoms with E-state index < -0.39 is 0 Å². The molecule has 0 aliphatic carbocycles. The Balaban J connectivity index is 1.20. The van der Waals surface area contributed by atoms with Crippen molar-refractivity contribution in [3.8, 4) is 33.3 Å². The Bertz CT molecular complexity index is 1330. The van der Waals surface area contributed by atoms with Crippen LogP contribution in [0, 0.1) is 0 Å². The SMILES string of the molecule is NC(=O)C1CCCCN1CCCNC(=O)c1sccc1-c1nc(-c2cc(-c3ccccc3)no2)cs1. The summed E-state index contributed by atoms with van der Waals surface area (Å²) in [6.07, 6.45) is 3.68. The van der Waals surface area contributed by atoms with Crippen LogP contribution in [0.4, 0.5) is 0 Å². The molecule has 4 heterocycles. The lowest BCUT2D eigenvalue weighted by Crippen LogP contribution is -2.48. The predicted octanol–water partition coefficient (Wildman–Crippen LogP) is 4.65. The summed E-state index contributed by atoms with van der Waals surface area (Å²) in [5.74, 6) is 0.212. The highest BCUT2D eigenvalue weighted by molar-refractivity contribution is 7.15. The van der Waals surface area contributed by atoms with Crippen LogP contribution in [-0.2, 0) is 4.79 Å². The van der Waals surface area contributed by atoms with Crippen molar-refractivity contribution in [1.29, 1.82) is 0 Å². The highest BCUT2D eigenvalue weighted by Crippen LogP contribution is 2.34. The van der Waals surface area contributed by atoms with Gasteiger partial charge in [-0.1, -0.05) is 41.9 Å². The summed E-state index contributed by atoms with van der Waals surface area (Å²) in [7, 11) is 0. The molecule has 2 amide bonds. The molecule has 1 aliphatic rings. The van der Waals surface area contributed by atoms with Crippen LogP contribution < -0.4 is 11.1 Å². The molecule has 3 aromatic heterocycles. The third kappa shape index (κ3) is 5.40. The number of thiophene rings is 1. The molecule has 0 spiro atoms. The van der Waals surface area contributed by atoms with Gasteiger partial charge in [0.05, 0.1) is 6.04 Å². The smallest absolute Gasteiger partial charge is 0.262 e. The van der Waals surface area contributed by atoms with Crippen molar-refractivity contribution in [1.82, 2.24) is 20.4 Å². The Labute approximate surface area is 217 Å². The number of carbonyl (C=O) groups excluding carboxylic acids is 2. The van der Waals surface area contributed by atoms with Crippen LogP contribution >= 0.6 is 22.7 Å². The van der Waals surface area contributed by atoms with Gasteiger partial charge in [-0.3, -0.25) is 14.5 Å². The zero-order valence-electron chi connectivity index (χ0n) is 19.7. The summed E-state index contributed by atoms with van der Waals surface area (Å²) < 4.78 is 5.54. The first kappa shape index (κ1) is 24.4. The average Bonchev–Trinajstić information content (AvgIpc) is 3.67. The van der Waals surface area contributed by atoms with E-state index in [4.69, 9.17) is 15.2 Å². The first-order valence-corrected chi connectivity index (χ1v) is 13.7. The van der Waals surface area contributed by atoms with E-state index in [1.54, 1.807) is 0 Å². The van der Waals surface area contributed by atoms with Gasteiger partial charge >= 0.3 is 0 Å². The number of thiazole rings is 1. The number of piperidine rings is 1. The lowest BCUT2D eigenvalue weighted by Gasteiger charge is -2.33. The monoisotopic (exact) mass is 521 g/mol. The fourth-order valence-corrected chi connectivity index (χ4v) is 6.17. The molecule has 1 fully saturated rings. The number of nitrogens with zero attached hydrogens (tertiary/aromatic N) is 3. The predicted molar refractivity (Wildman–Crippen MR) is 142 cm³/mol. The molecule has 36 heavy (non-hydrogen) atoms. The van der Waals surface area contributed by atoms with E-state index in [0.29, 0.717) is 22.9 Å². The van der Waals surface area contributed by atoms with Crippen molar-refractivity contribution in [3.05, 3.63) is 58.1 Å². The van der Waals surface area contributed by atoms with Gasteiger partial charge in [0.15, 0.2) is 5.76 Å². The molecular formula is C26H27N5O3S2. The zero-order chi connectivity index (χ0) is 24.9. The van der Waals surface area contributed by atoms with Gasteiger partial charge in [-0.15, -0.1) is 22.7 Å². The van der Waals surface area contributed by atoms with E-state index in [9.17, 15) is 9.59 Å². The number of nitrogens with two attached hydrogens (primary N) is 1. The number of nitrogens with one attached hydrogen (secondary N) is 1. The molecule has 8 nitrogen and oxygen atoms in total. The second-order valence-electron chi connectivity index (χ2n) is 8.70. The van der Waals surface area contributed by atoms with Crippen molar-refractivity contribution < 1.29 is 14.1 Å². The number of hydrogen-bond acceptors (Lipinski definition) is 8. The first-order chi connectivity index (χ1) is 17.6. The Morgan fingerprint density at radius 2 is 2.00 bits per heavy atom. The Morgan fingerprint density at radius 3 is 2.83 bits per heavy atom. The maximum Gasteiger partial charge on any atom is 0.262 e. The van der Waals surface area contributed by atoms with Crippen molar-refractivity contribution in [2.45, 2.75) is 31.7 Å². The third-order valence-corrected chi connectivity index (χ3v) is 8.08. The largest absolute Gasteiger partial charge is 0.368 e. The van der Waals surface area contributed by atoms with Gasteiger partial charge in [0.1, 0.15) is 21.3 Å². The summed E-state index contributed by atoms with van der Waals surface area (Å²) in [6.45, 7) is 2.14. The fraction of sp³-hybridized carbons (Fsp3) is 0.308. The standard InChI is InChI=1S/C26H27N5O3S2/c27-24(32)21-9-4-5-12-31(21)13-6-11-28-25(33)23-18(10-14-35-23)26-29-20(16-36-26)22-15-19(30-34-22)17-7-2-1-3-8-17/h1-3,7-8,10,14-16,21H,4-6,9,11-13H2,(H2,27,32)(H,28,33). The molecule has 0 bridgehead atoms. The number of aromatic nitrogens is 2. The van der Waals surface area contributed by atoms with E-state index in [2.05, 4.69) is 15.4 Å². The number of primary amides is 1. The van der Waals surface area contributed by atoms with Gasteiger partial charge in [0.25, 0.3) is 5.91 Å². The fourth-order valence-electron chi connectivity index (χ4n) is 4.45. The molecule has 5 rings (SSSR count). The minimum absolute atomic E-state index is 0.118. The van der Waals surface area contributed by atoms with E-state index in [0.717, 1.165) is 60.6 Å². The second-order valence-corrected chi connectivity index (χ2v) is 10.5. The minimum Gasteiger partial charge on any atom is -0.368 e. The molecule has 1 atom stereocenters. The van der Waals surface area contributed by atoms with Gasteiger partial charge in [-0.2, -0.15) is 0 Å². The highest BCUT2D eigenvalue weighted by atomic mass is 32.1. The van der Waals surface area contributed by atoms with E-state index in [1.807, 2.05) is 53.2 Å². The second kappa shape index (κ2) is 11.2. The molecule has 3 N–H and O–H groups in total. The lowest BCUT2D eigenvalue weighted by molar-refractivity contribution is -0.124. The van der Waals surface area contributed by atoms with Crippen LogP contribution in [0.15, 0.2) is 57.7 Å².